The summed E-state index contributed by atoms with van der Waals surface area (Å²) in [6.07, 6.45) is 0.955. The van der Waals surface area contributed by atoms with Crippen LogP contribution in [-0.2, 0) is 6.42 Å². The first kappa shape index (κ1) is 13.2. The molecule has 2 rings (SSSR count). The molecule has 0 aliphatic carbocycles. The van der Waals surface area contributed by atoms with E-state index in [0.29, 0.717) is 0 Å². The maximum Gasteiger partial charge on any atom is 0.148 e. The Morgan fingerprint density at radius 3 is 2.83 bits per heavy atom. The van der Waals surface area contributed by atoms with Crippen molar-refractivity contribution in [2.75, 3.05) is 13.1 Å². The van der Waals surface area contributed by atoms with Gasteiger partial charge in [0, 0.05) is 18.5 Å². The van der Waals surface area contributed by atoms with Crippen LogP contribution >= 0.6 is 11.3 Å². The minimum absolute atomic E-state index is 0.955. The first-order valence-corrected chi connectivity index (χ1v) is 7.13. The molecule has 0 radical (unpaired) electrons. The summed E-state index contributed by atoms with van der Waals surface area (Å²) in [4.78, 5) is 0. The molecule has 0 aliphatic heterocycles. The molecule has 2 aromatic rings. The molecule has 1 aromatic carbocycles. The second-order valence-electron chi connectivity index (χ2n) is 4.35. The van der Waals surface area contributed by atoms with Gasteiger partial charge in [-0.2, -0.15) is 0 Å². The number of aryl methyl sites for hydroxylation is 1. The van der Waals surface area contributed by atoms with Crippen LogP contribution in [0.1, 0.15) is 23.1 Å². The third-order valence-corrected chi connectivity index (χ3v) is 4.08. The van der Waals surface area contributed by atoms with Crippen molar-refractivity contribution < 1.29 is 0 Å². The van der Waals surface area contributed by atoms with Gasteiger partial charge in [-0.3, -0.25) is 0 Å². The monoisotopic (exact) mass is 261 g/mol. The lowest BCUT2D eigenvalue weighted by Crippen LogP contribution is -2.15. The first-order valence-electron chi connectivity index (χ1n) is 6.32. The van der Waals surface area contributed by atoms with E-state index in [1.54, 1.807) is 11.3 Å². The van der Waals surface area contributed by atoms with Gasteiger partial charge >= 0.3 is 0 Å². The van der Waals surface area contributed by atoms with Crippen LogP contribution in [0.5, 0.6) is 0 Å². The molecule has 0 fully saturated rings. The molecule has 96 valence electrons. The average Bonchev–Trinajstić information content (AvgIpc) is 2.82. The van der Waals surface area contributed by atoms with E-state index >= 15 is 0 Å². The van der Waals surface area contributed by atoms with Crippen LogP contribution in [0.25, 0.3) is 10.6 Å². The summed E-state index contributed by atoms with van der Waals surface area (Å²) in [5, 5.41) is 14.0. The topological polar surface area (TPSA) is 37.8 Å². The molecule has 0 saturated heterocycles. The zero-order chi connectivity index (χ0) is 13.0. The summed E-state index contributed by atoms with van der Waals surface area (Å²) in [6.45, 7) is 8.36. The minimum Gasteiger partial charge on any atom is -0.317 e. The fourth-order valence-electron chi connectivity index (χ4n) is 1.82. The highest BCUT2D eigenvalue weighted by atomic mass is 32.1. The molecule has 0 amide bonds. The number of hydrogen-bond donors (Lipinski definition) is 1. The molecule has 0 bridgehead atoms. The van der Waals surface area contributed by atoms with Crippen LogP contribution in [0.3, 0.4) is 0 Å². The van der Waals surface area contributed by atoms with Crippen molar-refractivity contribution in [2.24, 2.45) is 0 Å². The predicted molar refractivity (Wildman–Crippen MR) is 77.1 cm³/mol. The first-order chi connectivity index (χ1) is 8.72. The lowest BCUT2D eigenvalue weighted by molar-refractivity contribution is 0.710. The molecule has 1 aromatic heterocycles. The second kappa shape index (κ2) is 6.07. The summed E-state index contributed by atoms with van der Waals surface area (Å²) in [6, 6.07) is 6.33. The van der Waals surface area contributed by atoms with Crippen molar-refractivity contribution in [3.63, 3.8) is 0 Å². The number of benzene rings is 1. The van der Waals surface area contributed by atoms with Crippen molar-refractivity contribution >= 4 is 11.3 Å². The van der Waals surface area contributed by atoms with Gasteiger partial charge in [0.25, 0.3) is 0 Å². The van der Waals surface area contributed by atoms with Gasteiger partial charge in [-0.1, -0.05) is 36.5 Å². The number of likely N-dealkylation sites (N-methyl/N-ethyl adjacent to an activating group) is 1. The number of rotatable bonds is 5. The van der Waals surface area contributed by atoms with Crippen molar-refractivity contribution in [1.82, 2.24) is 15.5 Å². The van der Waals surface area contributed by atoms with Crippen LogP contribution in [0.2, 0.25) is 0 Å². The molecule has 1 heterocycles. The third-order valence-electron chi connectivity index (χ3n) is 3.07. The molecule has 0 unspecified atom stereocenters. The van der Waals surface area contributed by atoms with Crippen LogP contribution in [0.4, 0.5) is 0 Å². The predicted octanol–water partition coefficient (Wildman–Crippen LogP) is 2.97. The van der Waals surface area contributed by atoms with Gasteiger partial charge in [0.2, 0.25) is 0 Å². The van der Waals surface area contributed by atoms with Crippen molar-refractivity contribution in [2.45, 2.75) is 27.2 Å². The molecule has 4 heteroatoms. The van der Waals surface area contributed by atoms with Gasteiger partial charge in [-0.15, -0.1) is 10.2 Å². The fraction of sp³-hybridized carbons (Fsp3) is 0.429. The highest BCUT2D eigenvalue weighted by Gasteiger charge is 2.09. The van der Waals surface area contributed by atoms with E-state index in [2.05, 4.69) is 54.5 Å². The minimum atomic E-state index is 0.955. The molecule has 3 nitrogen and oxygen atoms in total. The lowest BCUT2D eigenvalue weighted by Gasteiger charge is -2.04. The Balaban J connectivity index is 2.16. The molecule has 0 spiro atoms. The van der Waals surface area contributed by atoms with E-state index < -0.39 is 0 Å². The Kier molecular flexibility index (Phi) is 4.44. The highest BCUT2D eigenvalue weighted by molar-refractivity contribution is 7.14. The van der Waals surface area contributed by atoms with E-state index in [-0.39, 0.29) is 0 Å². The summed E-state index contributed by atoms with van der Waals surface area (Å²) in [5.74, 6) is 0. The van der Waals surface area contributed by atoms with E-state index in [9.17, 15) is 0 Å². The van der Waals surface area contributed by atoms with Crippen molar-refractivity contribution in [3.05, 3.63) is 34.3 Å². The van der Waals surface area contributed by atoms with E-state index in [0.717, 1.165) is 29.5 Å². The quantitative estimate of drug-likeness (QED) is 0.841. The molecule has 18 heavy (non-hydrogen) atoms. The third kappa shape index (κ3) is 2.94. The Hall–Kier alpha value is -1.26. The van der Waals surface area contributed by atoms with Crippen LogP contribution in [-0.4, -0.2) is 23.3 Å². The Labute approximate surface area is 112 Å². The van der Waals surface area contributed by atoms with Gasteiger partial charge in [0.05, 0.1) is 0 Å². The maximum atomic E-state index is 4.31. The largest absolute Gasteiger partial charge is 0.317 e. The Bertz CT molecular complexity index is 520. The summed E-state index contributed by atoms with van der Waals surface area (Å²) >= 11 is 1.70. The Morgan fingerprint density at radius 1 is 1.22 bits per heavy atom. The molecular weight excluding hydrogens is 242 g/mol. The molecule has 0 atom stereocenters. The van der Waals surface area contributed by atoms with Crippen LogP contribution < -0.4 is 5.32 Å². The van der Waals surface area contributed by atoms with Gasteiger partial charge in [-0.25, -0.2) is 0 Å². The number of hydrogen-bond acceptors (Lipinski definition) is 4. The summed E-state index contributed by atoms with van der Waals surface area (Å²) < 4.78 is 0. The molecule has 1 N–H and O–H groups in total. The van der Waals surface area contributed by atoms with E-state index in [4.69, 9.17) is 0 Å². The number of nitrogens with zero attached hydrogens (tertiary/aromatic N) is 2. The van der Waals surface area contributed by atoms with Crippen LogP contribution in [0, 0.1) is 13.8 Å². The smallest absolute Gasteiger partial charge is 0.148 e. The average molecular weight is 261 g/mol. The van der Waals surface area contributed by atoms with E-state index in [1.165, 1.54) is 16.7 Å². The summed E-state index contributed by atoms with van der Waals surface area (Å²) in [5.41, 5.74) is 3.81. The van der Waals surface area contributed by atoms with Crippen molar-refractivity contribution in [1.29, 1.82) is 0 Å². The second-order valence-corrected chi connectivity index (χ2v) is 5.41. The Morgan fingerprint density at radius 2 is 2.06 bits per heavy atom. The molecular formula is C14H19N3S. The number of aromatic nitrogens is 2. The fourth-order valence-corrected chi connectivity index (χ4v) is 2.74. The van der Waals surface area contributed by atoms with E-state index in [1.807, 2.05) is 0 Å². The highest BCUT2D eigenvalue weighted by Crippen LogP contribution is 2.28. The molecule has 0 saturated carbocycles. The molecule has 0 aliphatic rings. The van der Waals surface area contributed by atoms with Crippen LogP contribution in [0.15, 0.2) is 18.2 Å². The number of nitrogens with one attached hydrogen (secondary N) is 1. The normalized spacial score (nSPS) is 10.8. The SMILES string of the molecule is CCNCCc1nnc(-c2cccc(C)c2C)s1. The summed E-state index contributed by atoms with van der Waals surface area (Å²) in [7, 11) is 0. The maximum absolute atomic E-state index is 4.31. The van der Waals surface area contributed by atoms with Gasteiger partial charge in [-0.05, 0) is 31.5 Å². The standard InChI is InChI=1S/C14H19N3S/c1-4-15-9-8-13-16-17-14(18-13)12-7-5-6-10(2)11(12)3/h5-7,15H,4,8-9H2,1-3H3. The van der Waals surface area contributed by atoms with Crippen molar-refractivity contribution in [3.8, 4) is 10.6 Å². The zero-order valence-corrected chi connectivity index (χ0v) is 12.0. The zero-order valence-electron chi connectivity index (χ0n) is 11.2. The van der Waals surface area contributed by atoms with Gasteiger partial charge < -0.3 is 5.32 Å². The van der Waals surface area contributed by atoms with Gasteiger partial charge in [0.15, 0.2) is 0 Å². The van der Waals surface area contributed by atoms with Gasteiger partial charge in [0.1, 0.15) is 10.0 Å². The lowest BCUT2D eigenvalue weighted by atomic mass is 10.0.